The minimum atomic E-state index is -0.483. The van der Waals surface area contributed by atoms with Crippen LogP contribution in [0.1, 0.15) is 30.4 Å². The Morgan fingerprint density at radius 2 is 2.00 bits per heavy atom. The van der Waals surface area contributed by atoms with Crippen LogP contribution in [0.3, 0.4) is 0 Å². The molecule has 0 amide bonds. The Labute approximate surface area is 98.6 Å². The summed E-state index contributed by atoms with van der Waals surface area (Å²) in [4.78, 5) is 0. The summed E-state index contributed by atoms with van der Waals surface area (Å²) in [5, 5.41) is 10.6. The van der Waals surface area contributed by atoms with E-state index in [1.165, 1.54) is 24.8 Å². The number of halogens is 1. The smallest absolute Gasteiger partial charge is 0.0962 e. The fraction of sp³-hybridized carbons (Fsp3) is 0.538. The van der Waals surface area contributed by atoms with Crippen LogP contribution in [0.2, 0.25) is 0 Å². The van der Waals surface area contributed by atoms with Gasteiger partial charge in [0.05, 0.1) is 5.60 Å². The summed E-state index contributed by atoms with van der Waals surface area (Å²) in [6.07, 6.45) is 3.71. The number of aryl methyl sites for hydroxylation is 1. The Bertz CT molecular complexity index is 403. The molecule has 2 heteroatoms. The lowest BCUT2D eigenvalue weighted by atomic mass is 9.95. The highest BCUT2D eigenvalue weighted by Crippen LogP contribution is 2.66. The summed E-state index contributed by atoms with van der Waals surface area (Å²) in [5.41, 5.74) is 1.88. The van der Waals surface area contributed by atoms with E-state index in [9.17, 15) is 5.11 Å². The van der Waals surface area contributed by atoms with Crippen molar-refractivity contribution in [2.24, 2.45) is 11.8 Å². The molecule has 2 atom stereocenters. The third-order valence-electron chi connectivity index (χ3n) is 4.16. The Morgan fingerprint density at radius 1 is 1.33 bits per heavy atom. The average molecular weight is 267 g/mol. The van der Waals surface area contributed by atoms with Gasteiger partial charge >= 0.3 is 0 Å². The molecule has 2 unspecified atom stereocenters. The third kappa shape index (κ3) is 1.24. The lowest BCUT2D eigenvalue weighted by Gasteiger charge is -2.17. The molecule has 0 saturated heterocycles. The van der Waals surface area contributed by atoms with E-state index in [1.807, 2.05) is 6.07 Å². The molecule has 1 aromatic carbocycles. The molecule has 1 nitrogen and oxygen atoms in total. The van der Waals surface area contributed by atoms with Crippen molar-refractivity contribution in [3.8, 4) is 0 Å². The van der Waals surface area contributed by atoms with Crippen LogP contribution in [-0.2, 0) is 5.60 Å². The highest BCUT2D eigenvalue weighted by Gasteiger charge is 2.66. The minimum absolute atomic E-state index is 0.483. The molecule has 3 rings (SSSR count). The first-order valence-electron chi connectivity index (χ1n) is 5.63. The summed E-state index contributed by atoms with van der Waals surface area (Å²) in [6.45, 7) is 2.09. The van der Waals surface area contributed by atoms with Gasteiger partial charge in [0, 0.05) is 4.47 Å². The van der Waals surface area contributed by atoms with E-state index in [4.69, 9.17) is 0 Å². The van der Waals surface area contributed by atoms with Gasteiger partial charge in [0.25, 0.3) is 0 Å². The van der Waals surface area contributed by atoms with E-state index in [-0.39, 0.29) is 0 Å². The van der Waals surface area contributed by atoms with Crippen LogP contribution in [0.25, 0.3) is 0 Å². The number of hydrogen-bond donors (Lipinski definition) is 1. The van der Waals surface area contributed by atoms with Crippen LogP contribution < -0.4 is 0 Å². The van der Waals surface area contributed by atoms with Crippen LogP contribution in [-0.4, -0.2) is 5.11 Å². The first-order valence-corrected chi connectivity index (χ1v) is 6.42. The molecule has 2 fully saturated rings. The van der Waals surface area contributed by atoms with Crippen molar-refractivity contribution in [2.45, 2.75) is 31.8 Å². The van der Waals surface area contributed by atoms with Gasteiger partial charge in [0.1, 0.15) is 0 Å². The summed E-state index contributed by atoms with van der Waals surface area (Å²) < 4.78 is 1.10. The Hall–Kier alpha value is -0.340. The van der Waals surface area contributed by atoms with Gasteiger partial charge in [0.15, 0.2) is 0 Å². The second kappa shape index (κ2) is 3.08. The second-order valence-electron chi connectivity index (χ2n) is 4.93. The average Bonchev–Trinajstić information content (AvgIpc) is 2.63. The lowest BCUT2D eigenvalue weighted by Crippen LogP contribution is -2.14. The summed E-state index contributed by atoms with van der Waals surface area (Å²) >= 11 is 3.46. The zero-order valence-corrected chi connectivity index (χ0v) is 10.4. The quantitative estimate of drug-likeness (QED) is 0.827. The Morgan fingerprint density at radius 3 is 2.60 bits per heavy atom. The maximum absolute atomic E-state index is 10.6. The summed E-state index contributed by atoms with van der Waals surface area (Å²) in [7, 11) is 0. The van der Waals surface area contributed by atoms with Crippen LogP contribution in [0.15, 0.2) is 22.7 Å². The van der Waals surface area contributed by atoms with E-state index in [0.29, 0.717) is 11.8 Å². The molecule has 1 N–H and O–H groups in total. The van der Waals surface area contributed by atoms with Gasteiger partial charge in [-0.3, -0.25) is 0 Å². The Kier molecular flexibility index (Phi) is 2.02. The highest BCUT2D eigenvalue weighted by molar-refractivity contribution is 9.10. The Balaban J connectivity index is 2.00. The molecule has 0 bridgehead atoms. The van der Waals surface area contributed by atoms with E-state index in [0.717, 1.165) is 10.0 Å². The van der Waals surface area contributed by atoms with Crippen molar-refractivity contribution in [3.05, 3.63) is 33.8 Å². The van der Waals surface area contributed by atoms with E-state index < -0.39 is 5.60 Å². The van der Waals surface area contributed by atoms with Gasteiger partial charge in [-0.25, -0.2) is 0 Å². The molecule has 1 aromatic rings. The zero-order valence-electron chi connectivity index (χ0n) is 8.83. The monoisotopic (exact) mass is 266 g/mol. The van der Waals surface area contributed by atoms with E-state index in [1.54, 1.807) is 0 Å². The van der Waals surface area contributed by atoms with Gasteiger partial charge in [-0.2, -0.15) is 0 Å². The maximum Gasteiger partial charge on any atom is 0.0962 e. The van der Waals surface area contributed by atoms with E-state index >= 15 is 0 Å². The molecule has 80 valence electrons. The molecule has 0 heterocycles. The molecule has 0 spiro atoms. The molecular formula is C13H15BrO. The molecule has 2 saturated carbocycles. The largest absolute Gasteiger partial charge is 0.385 e. The fourth-order valence-corrected chi connectivity index (χ4v) is 3.87. The second-order valence-corrected chi connectivity index (χ2v) is 5.84. The minimum Gasteiger partial charge on any atom is -0.385 e. The topological polar surface area (TPSA) is 20.2 Å². The molecular weight excluding hydrogens is 252 g/mol. The molecule has 0 radical (unpaired) electrons. The van der Waals surface area contributed by atoms with E-state index in [2.05, 4.69) is 35.0 Å². The van der Waals surface area contributed by atoms with Crippen molar-refractivity contribution in [1.29, 1.82) is 0 Å². The number of aliphatic hydroxyl groups is 1. The normalized spacial score (nSPS) is 37.8. The predicted molar refractivity (Wildman–Crippen MR) is 63.6 cm³/mol. The predicted octanol–water partition coefficient (Wildman–Crippen LogP) is 3.38. The zero-order chi connectivity index (χ0) is 10.6. The lowest BCUT2D eigenvalue weighted by molar-refractivity contribution is 0.105. The van der Waals surface area contributed by atoms with Crippen molar-refractivity contribution in [3.63, 3.8) is 0 Å². The first-order chi connectivity index (χ1) is 7.14. The van der Waals surface area contributed by atoms with Crippen molar-refractivity contribution >= 4 is 15.9 Å². The van der Waals surface area contributed by atoms with Crippen molar-refractivity contribution in [1.82, 2.24) is 0 Å². The van der Waals surface area contributed by atoms with Gasteiger partial charge < -0.3 is 5.11 Å². The first kappa shape index (κ1) is 9.86. The number of benzene rings is 1. The van der Waals surface area contributed by atoms with Crippen LogP contribution >= 0.6 is 15.9 Å². The number of fused-ring (bicyclic) bond motifs is 1. The van der Waals surface area contributed by atoms with Gasteiger partial charge in [-0.1, -0.05) is 28.4 Å². The molecule has 0 aromatic heterocycles. The molecule has 0 aliphatic heterocycles. The summed E-state index contributed by atoms with van der Waals surface area (Å²) in [6, 6.07) is 6.22. The molecule has 15 heavy (non-hydrogen) atoms. The fourth-order valence-electron chi connectivity index (χ4n) is 3.40. The molecule has 2 aliphatic rings. The standard InChI is InChI=1S/C13H15BrO/c1-8-7-9(14)5-6-10(8)13(15)11-3-2-4-12(11)13/h5-7,11-12,15H,2-4H2,1H3. The van der Waals surface area contributed by atoms with Gasteiger partial charge in [-0.15, -0.1) is 0 Å². The van der Waals surface area contributed by atoms with Crippen LogP contribution in [0, 0.1) is 18.8 Å². The SMILES string of the molecule is Cc1cc(Br)ccc1C1(O)C2CCCC21. The molecule has 2 aliphatic carbocycles. The number of hydrogen-bond acceptors (Lipinski definition) is 1. The van der Waals surface area contributed by atoms with Gasteiger partial charge in [-0.05, 0) is 54.9 Å². The van der Waals surface area contributed by atoms with Gasteiger partial charge in [0.2, 0.25) is 0 Å². The third-order valence-corrected chi connectivity index (χ3v) is 4.65. The van der Waals surface area contributed by atoms with Crippen LogP contribution in [0.4, 0.5) is 0 Å². The van der Waals surface area contributed by atoms with Crippen molar-refractivity contribution < 1.29 is 5.11 Å². The number of rotatable bonds is 1. The van der Waals surface area contributed by atoms with Crippen molar-refractivity contribution in [2.75, 3.05) is 0 Å². The maximum atomic E-state index is 10.6. The summed E-state index contributed by atoms with van der Waals surface area (Å²) in [5.74, 6) is 1.08. The highest BCUT2D eigenvalue weighted by atomic mass is 79.9. The van der Waals surface area contributed by atoms with Crippen LogP contribution in [0.5, 0.6) is 0 Å².